The third kappa shape index (κ3) is 5.10. The Labute approximate surface area is 145 Å². The van der Waals surface area contributed by atoms with Crippen LogP contribution in [0.25, 0.3) is 0 Å². The number of aryl methyl sites for hydroxylation is 1. The van der Waals surface area contributed by atoms with Crippen LogP contribution in [0.1, 0.15) is 16.8 Å². The number of hydrazone groups is 1. The van der Waals surface area contributed by atoms with Crippen LogP contribution in [0.2, 0.25) is 0 Å². The van der Waals surface area contributed by atoms with Crippen LogP contribution < -0.4 is 10.7 Å². The maximum Gasteiger partial charge on any atom is 0.225 e. The quantitative estimate of drug-likeness (QED) is 0.528. The van der Waals surface area contributed by atoms with E-state index in [1.807, 2.05) is 37.3 Å². The maximum absolute atomic E-state index is 13.1. The van der Waals surface area contributed by atoms with E-state index in [2.05, 4.69) is 25.8 Å². The molecular formula is C19H18FN5. The van der Waals surface area contributed by atoms with Crippen LogP contribution in [0.3, 0.4) is 0 Å². The average Bonchev–Trinajstić information content (AvgIpc) is 2.61. The zero-order chi connectivity index (χ0) is 17.5. The molecule has 0 spiro atoms. The fourth-order valence-corrected chi connectivity index (χ4v) is 2.24. The summed E-state index contributed by atoms with van der Waals surface area (Å²) in [7, 11) is 0. The first-order valence-electron chi connectivity index (χ1n) is 7.87. The molecule has 0 amide bonds. The third-order valence-corrected chi connectivity index (χ3v) is 3.39. The van der Waals surface area contributed by atoms with E-state index in [4.69, 9.17) is 0 Å². The lowest BCUT2D eigenvalue weighted by Gasteiger charge is -2.08. The Morgan fingerprint density at radius 3 is 2.68 bits per heavy atom. The molecule has 3 aromatic rings. The highest BCUT2D eigenvalue weighted by Gasteiger charge is 2.02. The van der Waals surface area contributed by atoms with E-state index in [0.29, 0.717) is 23.9 Å². The highest BCUT2D eigenvalue weighted by Crippen LogP contribution is 2.11. The minimum absolute atomic E-state index is 0.297. The van der Waals surface area contributed by atoms with Gasteiger partial charge in [-0.1, -0.05) is 42.5 Å². The normalized spacial score (nSPS) is 10.8. The Bertz CT molecular complexity index is 865. The molecule has 2 aromatic carbocycles. The molecule has 126 valence electrons. The first kappa shape index (κ1) is 16.6. The van der Waals surface area contributed by atoms with Gasteiger partial charge in [-0.3, -0.25) is 5.43 Å². The van der Waals surface area contributed by atoms with Gasteiger partial charge in [0.15, 0.2) is 5.82 Å². The molecule has 0 aliphatic carbocycles. The fraction of sp³-hybridized carbons (Fsp3) is 0.105. The molecule has 0 aliphatic rings. The molecular weight excluding hydrogens is 317 g/mol. The summed E-state index contributed by atoms with van der Waals surface area (Å²) < 4.78 is 13.1. The molecule has 0 bridgehead atoms. The summed E-state index contributed by atoms with van der Waals surface area (Å²) >= 11 is 0. The molecule has 0 aliphatic heterocycles. The molecule has 0 saturated heterocycles. The van der Waals surface area contributed by atoms with Crippen molar-refractivity contribution in [2.24, 2.45) is 5.10 Å². The molecule has 0 fully saturated rings. The van der Waals surface area contributed by atoms with Crippen molar-refractivity contribution in [2.75, 3.05) is 10.7 Å². The minimum Gasteiger partial charge on any atom is -0.350 e. The van der Waals surface area contributed by atoms with E-state index in [1.54, 1.807) is 18.2 Å². The minimum atomic E-state index is -0.297. The SMILES string of the molecule is Cc1cc(N/N=C/c2cccc(F)c2)nc(NCc2ccccc2)n1. The van der Waals surface area contributed by atoms with Gasteiger partial charge >= 0.3 is 0 Å². The van der Waals surface area contributed by atoms with Crippen molar-refractivity contribution in [3.63, 3.8) is 0 Å². The number of rotatable bonds is 6. The standard InChI is InChI=1S/C19H18FN5/c1-14-10-18(25-22-13-16-8-5-9-17(20)11-16)24-19(23-14)21-12-15-6-3-2-4-7-15/h2-11,13H,12H2,1H3,(H2,21,23,24,25)/b22-13+. The molecule has 2 N–H and O–H groups in total. The van der Waals surface area contributed by atoms with E-state index >= 15 is 0 Å². The molecule has 0 saturated carbocycles. The number of hydrogen-bond donors (Lipinski definition) is 2. The molecule has 0 atom stereocenters. The second kappa shape index (κ2) is 8.01. The number of anilines is 2. The van der Waals surface area contributed by atoms with Gasteiger partial charge in [0, 0.05) is 18.3 Å². The Morgan fingerprint density at radius 2 is 1.88 bits per heavy atom. The van der Waals surface area contributed by atoms with E-state index in [-0.39, 0.29) is 5.82 Å². The summed E-state index contributed by atoms with van der Waals surface area (Å²) in [6.07, 6.45) is 1.54. The van der Waals surface area contributed by atoms with Crippen molar-refractivity contribution in [3.05, 3.63) is 83.3 Å². The summed E-state index contributed by atoms with van der Waals surface area (Å²) in [6.45, 7) is 2.52. The number of hydrogen-bond acceptors (Lipinski definition) is 5. The molecule has 6 heteroatoms. The van der Waals surface area contributed by atoms with E-state index in [1.165, 1.54) is 18.3 Å². The van der Waals surface area contributed by atoms with Crippen molar-refractivity contribution >= 4 is 18.0 Å². The van der Waals surface area contributed by atoms with Crippen LogP contribution in [0.15, 0.2) is 65.8 Å². The molecule has 0 radical (unpaired) electrons. The number of aromatic nitrogens is 2. The van der Waals surface area contributed by atoms with Crippen LogP contribution in [-0.2, 0) is 6.54 Å². The largest absolute Gasteiger partial charge is 0.350 e. The highest BCUT2D eigenvalue weighted by atomic mass is 19.1. The van der Waals surface area contributed by atoms with Crippen LogP contribution in [-0.4, -0.2) is 16.2 Å². The highest BCUT2D eigenvalue weighted by molar-refractivity contribution is 5.80. The molecule has 0 unspecified atom stereocenters. The summed E-state index contributed by atoms with van der Waals surface area (Å²) in [5.74, 6) is 0.789. The molecule has 5 nitrogen and oxygen atoms in total. The lowest BCUT2D eigenvalue weighted by atomic mass is 10.2. The Hall–Kier alpha value is -3.28. The van der Waals surface area contributed by atoms with Gasteiger partial charge in [-0.15, -0.1) is 0 Å². The van der Waals surface area contributed by atoms with Gasteiger partial charge in [-0.25, -0.2) is 9.37 Å². The lowest BCUT2D eigenvalue weighted by Crippen LogP contribution is -2.06. The van der Waals surface area contributed by atoms with E-state index in [9.17, 15) is 4.39 Å². The maximum atomic E-state index is 13.1. The van der Waals surface area contributed by atoms with E-state index < -0.39 is 0 Å². The van der Waals surface area contributed by atoms with Crippen molar-refractivity contribution in [1.82, 2.24) is 9.97 Å². The summed E-state index contributed by atoms with van der Waals surface area (Å²) in [5, 5.41) is 7.29. The van der Waals surface area contributed by atoms with E-state index in [0.717, 1.165) is 11.3 Å². The zero-order valence-corrected chi connectivity index (χ0v) is 13.8. The fourth-order valence-electron chi connectivity index (χ4n) is 2.24. The van der Waals surface area contributed by atoms with Gasteiger partial charge in [0.2, 0.25) is 5.95 Å². The summed E-state index contributed by atoms with van der Waals surface area (Å²) in [5.41, 5.74) is 5.47. The van der Waals surface area contributed by atoms with Crippen LogP contribution in [0.5, 0.6) is 0 Å². The van der Waals surface area contributed by atoms with Crippen molar-refractivity contribution in [3.8, 4) is 0 Å². The smallest absolute Gasteiger partial charge is 0.225 e. The van der Waals surface area contributed by atoms with Crippen molar-refractivity contribution in [1.29, 1.82) is 0 Å². The first-order chi connectivity index (χ1) is 12.2. The predicted molar refractivity (Wildman–Crippen MR) is 98.2 cm³/mol. The molecule has 3 rings (SSSR count). The third-order valence-electron chi connectivity index (χ3n) is 3.39. The molecule has 1 heterocycles. The second-order valence-electron chi connectivity index (χ2n) is 5.48. The van der Waals surface area contributed by atoms with Crippen molar-refractivity contribution in [2.45, 2.75) is 13.5 Å². The van der Waals surface area contributed by atoms with Gasteiger partial charge in [-0.05, 0) is 30.2 Å². The average molecular weight is 335 g/mol. The van der Waals surface area contributed by atoms with Gasteiger partial charge in [0.1, 0.15) is 5.82 Å². The number of nitrogens with zero attached hydrogens (tertiary/aromatic N) is 3. The summed E-state index contributed by atoms with van der Waals surface area (Å²) in [6, 6.07) is 18.0. The van der Waals surface area contributed by atoms with Gasteiger partial charge in [-0.2, -0.15) is 10.1 Å². The zero-order valence-electron chi connectivity index (χ0n) is 13.8. The Morgan fingerprint density at radius 1 is 1.04 bits per heavy atom. The van der Waals surface area contributed by atoms with Gasteiger partial charge in [0.25, 0.3) is 0 Å². The predicted octanol–water partition coefficient (Wildman–Crippen LogP) is 3.98. The van der Waals surface area contributed by atoms with Crippen LogP contribution in [0.4, 0.5) is 16.2 Å². The lowest BCUT2D eigenvalue weighted by molar-refractivity contribution is 0.627. The molecule has 25 heavy (non-hydrogen) atoms. The number of halogens is 1. The van der Waals surface area contributed by atoms with Crippen LogP contribution in [0, 0.1) is 12.7 Å². The Kier molecular flexibility index (Phi) is 5.31. The number of nitrogens with one attached hydrogen (secondary N) is 2. The van der Waals surface area contributed by atoms with Crippen LogP contribution >= 0.6 is 0 Å². The Balaban J connectivity index is 1.64. The topological polar surface area (TPSA) is 62.2 Å². The molecule has 1 aromatic heterocycles. The monoisotopic (exact) mass is 335 g/mol. The first-order valence-corrected chi connectivity index (χ1v) is 7.87. The van der Waals surface area contributed by atoms with Crippen molar-refractivity contribution < 1.29 is 4.39 Å². The second-order valence-corrected chi connectivity index (χ2v) is 5.48. The summed E-state index contributed by atoms with van der Waals surface area (Å²) in [4.78, 5) is 8.74. The van der Waals surface area contributed by atoms with Gasteiger partial charge in [0.05, 0.1) is 6.21 Å². The number of benzene rings is 2. The van der Waals surface area contributed by atoms with Gasteiger partial charge < -0.3 is 5.32 Å².